The van der Waals surface area contributed by atoms with Crippen LogP contribution in [-0.2, 0) is 9.47 Å². The predicted molar refractivity (Wildman–Crippen MR) is 88.9 cm³/mol. The van der Waals surface area contributed by atoms with Gasteiger partial charge in [-0.05, 0) is 35.4 Å². The third-order valence-electron chi connectivity index (χ3n) is 4.73. The van der Waals surface area contributed by atoms with E-state index in [0.717, 1.165) is 11.1 Å². The summed E-state index contributed by atoms with van der Waals surface area (Å²) in [7, 11) is 1.58. The molecule has 0 amide bonds. The maximum absolute atomic E-state index is 9.83. The van der Waals surface area contributed by atoms with E-state index in [1.807, 2.05) is 24.3 Å². The third kappa shape index (κ3) is 3.24. The predicted octanol–water partition coefficient (Wildman–Crippen LogP) is 2.46. The maximum atomic E-state index is 9.83. The molecule has 2 aromatic rings. The van der Waals surface area contributed by atoms with Crippen LogP contribution in [0.4, 0.5) is 0 Å². The van der Waals surface area contributed by atoms with Gasteiger partial charge in [-0.2, -0.15) is 0 Å². The first-order valence-corrected chi connectivity index (χ1v) is 7.97. The molecule has 3 N–H and O–H groups in total. The molecule has 0 spiro atoms. The Morgan fingerprint density at radius 1 is 1.00 bits per heavy atom. The van der Waals surface area contributed by atoms with Gasteiger partial charge >= 0.3 is 0 Å². The lowest BCUT2D eigenvalue weighted by atomic mass is 9.75. The van der Waals surface area contributed by atoms with Crippen molar-refractivity contribution in [2.45, 2.75) is 12.2 Å². The Labute approximate surface area is 141 Å². The second kappa shape index (κ2) is 7.21. The van der Waals surface area contributed by atoms with Crippen molar-refractivity contribution in [1.29, 1.82) is 0 Å². The molecule has 1 aliphatic heterocycles. The smallest absolute Gasteiger partial charge is 0.162 e. The first-order chi connectivity index (χ1) is 11.6. The van der Waals surface area contributed by atoms with Gasteiger partial charge in [-0.1, -0.05) is 24.3 Å². The summed E-state index contributed by atoms with van der Waals surface area (Å²) in [4.78, 5) is 0. The monoisotopic (exact) mass is 330 g/mol. The average Bonchev–Trinajstić information content (AvgIpc) is 3.01. The van der Waals surface area contributed by atoms with Gasteiger partial charge in [-0.15, -0.1) is 0 Å². The van der Waals surface area contributed by atoms with Crippen LogP contribution in [0.5, 0.6) is 11.5 Å². The van der Waals surface area contributed by atoms with E-state index in [1.165, 1.54) is 0 Å². The van der Waals surface area contributed by atoms with Crippen molar-refractivity contribution >= 4 is 0 Å². The van der Waals surface area contributed by atoms with E-state index in [4.69, 9.17) is 9.47 Å². The van der Waals surface area contributed by atoms with Crippen molar-refractivity contribution in [3.05, 3.63) is 59.7 Å². The van der Waals surface area contributed by atoms with E-state index in [1.54, 1.807) is 31.4 Å². The van der Waals surface area contributed by atoms with Gasteiger partial charge in [0.1, 0.15) is 11.5 Å². The molecule has 5 heteroatoms. The fourth-order valence-electron chi connectivity index (χ4n) is 3.51. The molecule has 24 heavy (non-hydrogen) atoms. The minimum Gasteiger partial charge on any atom is -0.508 e. The summed E-state index contributed by atoms with van der Waals surface area (Å²) in [6.45, 7) is 0.437. The minimum atomic E-state index is -0.434. The lowest BCUT2D eigenvalue weighted by Crippen LogP contribution is -2.29. The molecule has 1 heterocycles. The quantitative estimate of drug-likeness (QED) is 0.785. The van der Waals surface area contributed by atoms with Crippen LogP contribution in [0.3, 0.4) is 0 Å². The van der Waals surface area contributed by atoms with Gasteiger partial charge in [0.2, 0.25) is 0 Å². The summed E-state index contributed by atoms with van der Waals surface area (Å²) >= 11 is 0. The van der Waals surface area contributed by atoms with E-state index in [9.17, 15) is 15.3 Å². The van der Waals surface area contributed by atoms with Crippen LogP contribution in [-0.4, -0.2) is 41.9 Å². The van der Waals surface area contributed by atoms with Crippen molar-refractivity contribution in [2.24, 2.45) is 11.8 Å². The molecule has 5 nitrogen and oxygen atoms in total. The number of rotatable bonds is 5. The van der Waals surface area contributed by atoms with Gasteiger partial charge in [0.15, 0.2) is 6.29 Å². The molecule has 0 aromatic heterocycles. The summed E-state index contributed by atoms with van der Waals surface area (Å²) in [5.74, 6) is 0.249. The lowest BCUT2D eigenvalue weighted by Gasteiger charge is -2.28. The van der Waals surface area contributed by atoms with E-state index in [2.05, 4.69) is 0 Å². The van der Waals surface area contributed by atoms with Crippen LogP contribution in [0.15, 0.2) is 48.5 Å². The van der Waals surface area contributed by atoms with Gasteiger partial charge in [0.25, 0.3) is 0 Å². The van der Waals surface area contributed by atoms with Crippen molar-refractivity contribution in [1.82, 2.24) is 0 Å². The van der Waals surface area contributed by atoms with Crippen LogP contribution >= 0.6 is 0 Å². The second-order valence-corrected chi connectivity index (χ2v) is 6.11. The number of ether oxygens (including phenoxy) is 2. The molecule has 0 radical (unpaired) electrons. The number of aliphatic hydroxyl groups is 1. The number of benzene rings is 2. The molecular formula is C19H22O5. The highest BCUT2D eigenvalue weighted by atomic mass is 16.7. The van der Waals surface area contributed by atoms with Gasteiger partial charge in [-0.3, -0.25) is 0 Å². The Kier molecular flexibility index (Phi) is 5.04. The number of hydrogen-bond donors (Lipinski definition) is 3. The van der Waals surface area contributed by atoms with Crippen LogP contribution in [0.25, 0.3) is 0 Å². The summed E-state index contributed by atoms with van der Waals surface area (Å²) < 4.78 is 11.1. The topological polar surface area (TPSA) is 79.2 Å². The number of phenolic OH excluding ortho intramolecular Hbond substituents is 2. The Bertz CT molecular complexity index is 607. The van der Waals surface area contributed by atoms with Crippen molar-refractivity contribution in [3.63, 3.8) is 0 Å². The highest BCUT2D eigenvalue weighted by Crippen LogP contribution is 2.42. The molecule has 128 valence electrons. The Balaban J connectivity index is 2.01. The highest BCUT2D eigenvalue weighted by molar-refractivity contribution is 5.38. The maximum Gasteiger partial charge on any atom is 0.162 e. The SMILES string of the molecule is COC1OCC(C(c2ccc(O)cc2)c2ccc(O)cc2)C1CO. The van der Waals surface area contributed by atoms with Crippen molar-refractivity contribution < 1.29 is 24.8 Å². The zero-order chi connectivity index (χ0) is 17.1. The fourth-order valence-corrected chi connectivity index (χ4v) is 3.51. The highest BCUT2D eigenvalue weighted by Gasteiger charge is 2.42. The largest absolute Gasteiger partial charge is 0.508 e. The summed E-state index contributed by atoms with van der Waals surface area (Å²) in [5, 5.41) is 29.0. The molecule has 3 atom stereocenters. The van der Waals surface area contributed by atoms with E-state index >= 15 is 0 Å². The number of hydrogen-bond acceptors (Lipinski definition) is 5. The van der Waals surface area contributed by atoms with Gasteiger partial charge in [0, 0.05) is 24.9 Å². The van der Waals surface area contributed by atoms with Gasteiger partial charge in [-0.25, -0.2) is 0 Å². The first-order valence-electron chi connectivity index (χ1n) is 7.97. The molecule has 0 bridgehead atoms. The molecule has 1 aliphatic rings. The number of aliphatic hydroxyl groups excluding tert-OH is 1. The first kappa shape index (κ1) is 16.8. The second-order valence-electron chi connectivity index (χ2n) is 6.11. The normalized spacial score (nSPS) is 23.7. The minimum absolute atomic E-state index is 0.0223. The standard InChI is InChI=1S/C19H22O5/c1-23-19-16(10-20)17(11-24-19)18(12-2-6-14(21)7-3-12)13-4-8-15(22)9-5-13/h2-9,16-22H,10-11H2,1H3. The molecule has 0 aliphatic carbocycles. The Hall–Kier alpha value is -2.08. The molecule has 0 saturated carbocycles. The fraction of sp³-hybridized carbons (Fsp3) is 0.368. The Morgan fingerprint density at radius 3 is 1.92 bits per heavy atom. The van der Waals surface area contributed by atoms with Crippen molar-refractivity contribution in [2.75, 3.05) is 20.3 Å². The van der Waals surface area contributed by atoms with Gasteiger partial charge < -0.3 is 24.8 Å². The molecule has 3 rings (SSSR count). The number of phenols is 2. The molecule has 1 fully saturated rings. The average molecular weight is 330 g/mol. The summed E-state index contributed by atoms with van der Waals surface area (Å²) in [6, 6.07) is 14.1. The molecular weight excluding hydrogens is 308 g/mol. The number of methoxy groups -OCH3 is 1. The number of aromatic hydroxyl groups is 2. The van der Waals surface area contributed by atoms with Gasteiger partial charge in [0.05, 0.1) is 13.2 Å². The van der Waals surface area contributed by atoms with Crippen LogP contribution in [0.1, 0.15) is 17.0 Å². The van der Waals surface area contributed by atoms with Crippen molar-refractivity contribution in [3.8, 4) is 11.5 Å². The third-order valence-corrected chi connectivity index (χ3v) is 4.73. The molecule has 2 aromatic carbocycles. The van der Waals surface area contributed by atoms with E-state index in [-0.39, 0.29) is 35.9 Å². The van der Waals surface area contributed by atoms with E-state index < -0.39 is 6.29 Å². The van der Waals surface area contributed by atoms with Crippen LogP contribution < -0.4 is 0 Å². The Morgan fingerprint density at radius 2 is 1.50 bits per heavy atom. The van der Waals surface area contributed by atoms with Crippen LogP contribution in [0, 0.1) is 11.8 Å². The molecule has 1 saturated heterocycles. The van der Waals surface area contributed by atoms with E-state index in [0.29, 0.717) is 6.61 Å². The summed E-state index contributed by atoms with van der Waals surface area (Å²) in [5.41, 5.74) is 2.03. The lowest BCUT2D eigenvalue weighted by molar-refractivity contribution is -0.117. The zero-order valence-electron chi connectivity index (χ0n) is 13.5. The van der Waals surface area contributed by atoms with Crippen LogP contribution in [0.2, 0.25) is 0 Å². The zero-order valence-corrected chi connectivity index (χ0v) is 13.5. The molecule has 3 unspecified atom stereocenters. The summed E-state index contributed by atoms with van der Waals surface area (Å²) in [6.07, 6.45) is -0.434.